The molecule has 1 radical (unpaired) electrons. The van der Waals surface area contributed by atoms with Crippen molar-refractivity contribution in [2.75, 3.05) is 18.0 Å². The van der Waals surface area contributed by atoms with Crippen LogP contribution < -0.4 is 4.90 Å². The lowest BCUT2D eigenvalue weighted by Crippen LogP contribution is -2.20. The summed E-state index contributed by atoms with van der Waals surface area (Å²) in [6.07, 6.45) is 5.24. The van der Waals surface area contributed by atoms with Crippen molar-refractivity contribution in [1.29, 1.82) is 0 Å². The normalized spacial score (nSPS) is 14.8. The first kappa shape index (κ1) is 12.3. The van der Waals surface area contributed by atoms with Gasteiger partial charge in [-0.3, -0.25) is 0 Å². The second-order valence-corrected chi connectivity index (χ2v) is 5.33. The Balaban J connectivity index is 1.75. The van der Waals surface area contributed by atoms with Crippen LogP contribution in [0.4, 0.5) is 5.95 Å². The molecule has 1 aromatic heterocycles. The monoisotopic (exact) mass is 274 g/mol. The van der Waals surface area contributed by atoms with Crippen molar-refractivity contribution in [2.24, 2.45) is 0 Å². The van der Waals surface area contributed by atoms with E-state index in [9.17, 15) is 0 Å². The van der Waals surface area contributed by atoms with Gasteiger partial charge in [-0.1, -0.05) is 36.4 Å². The van der Waals surface area contributed by atoms with Crippen LogP contribution in [-0.4, -0.2) is 23.1 Å². The number of benzene rings is 2. The van der Waals surface area contributed by atoms with Gasteiger partial charge < -0.3 is 4.90 Å². The lowest BCUT2D eigenvalue weighted by Gasteiger charge is -2.15. The summed E-state index contributed by atoms with van der Waals surface area (Å²) in [6, 6.07) is 16.8. The summed E-state index contributed by atoms with van der Waals surface area (Å²) >= 11 is 0. The van der Waals surface area contributed by atoms with E-state index in [1.54, 1.807) is 0 Å². The molecule has 1 aliphatic rings. The molecule has 0 atom stereocenters. The van der Waals surface area contributed by atoms with Gasteiger partial charge in [0.25, 0.3) is 0 Å². The summed E-state index contributed by atoms with van der Waals surface area (Å²) in [5.74, 6) is 0.828. The summed E-state index contributed by atoms with van der Waals surface area (Å²) < 4.78 is 0. The zero-order valence-corrected chi connectivity index (χ0v) is 11.7. The first-order valence-electron chi connectivity index (χ1n) is 7.29. The van der Waals surface area contributed by atoms with Gasteiger partial charge in [-0.2, -0.15) is 0 Å². The first-order valence-corrected chi connectivity index (χ1v) is 7.29. The molecule has 21 heavy (non-hydrogen) atoms. The highest BCUT2D eigenvalue weighted by molar-refractivity contribution is 5.86. The minimum Gasteiger partial charge on any atom is -0.341 e. The topological polar surface area (TPSA) is 29.0 Å². The van der Waals surface area contributed by atoms with E-state index in [1.807, 2.05) is 12.3 Å². The molecule has 3 aromatic rings. The molecule has 3 heteroatoms. The van der Waals surface area contributed by atoms with Gasteiger partial charge in [0, 0.05) is 24.8 Å². The first-order chi connectivity index (χ1) is 10.4. The highest BCUT2D eigenvalue weighted by Crippen LogP contribution is 2.24. The molecule has 0 N–H and O–H groups in total. The Morgan fingerprint density at radius 1 is 0.952 bits per heavy atom. The Labute approximate surface area is 124 Å². The lowest BCUT2D eigenvalue weighted by atomic mass is 10.1. The predicted molar refractivity (Wildman–Crippen MR) is 86.1 cm³/mol. The van der Waals surface area contributed by atoms with E-state index in [-0.39, 0.29) is 0 Å². The van der Waals surface area contributed by atoms with Crippen molar-refractivity contribution in [1.82, 2.24) is 9.97 Å². The number of aromatic nitrogens is 2. The van der Waals surface area contributed by atoms with Crippen LogP contribution in [0.5, 0.6) is 0 Å². The zero-order chi connectivity index (χ0) is 14.1. The fourth-order valence-corrected chi connectivity index (χ4v) is 2.78. The highest BCUT2D eigenvalue weighted by atomic mass is 15.3. The average Bonchev–Trinajstić information content (AvgIpc) is 3.09. The van der Waals surface area contributed by atoms with Gasteiger partial charge in [0.1, 0.15) is 0 Å². The van der Waals surface area contributed by atoms with Gasteiger partial charge in [-0.05, 0) is 35.7 Å². The molecule has 0 amide bonds. The van der Waals surface area contributed by atoms with Gasteiger partial charge in [0.15, 0.2) is 0 Å². The van der Waals surface area contributed by atoms with Crippen molar-refractivity contribution in [2.45, 2.75) is 6.42 Å². The van der Waals surface area contributed by atoms with Crippen LogP contribution in [0.25, 0.3) is 22.0 Å². The Kier molecular flexibility index (Phi) is 3.03. The molecule has 3 nitrogen and oxygen atoms in total. The number of anilines is 1. The van der Waals surface area contributed by atoms with Crippen LogP contribution >= 0.6 is 0 Å². The van der Waals surface area contributed by atoms with E-state index >= 15 is 0 Å². The van der Waals surface area contributed by atoms with Gasteiger partial charge >= 0.3 is 0 Å². The van der Waals surface area contributed by atoms with E-state index in [0.717, 1.165) is 36.7 Å². The summed E-state index contributed by atoms with van der Waals surface area (Å²) in [7, 11) is 0. The van der Waals surface area contributed by atoms with Crippen LogP contribution in [0.3, 0.4) is 0 Å². The predicted octanol–water partition coefficient (Wildman–Crippen LogP) is 3.71. The Morgan fingerprint density at radius 2 is 1.86 bits per heavy atom. The third kappa shape index (κ3) is 2.35. The fraction of sp³-hybridized carbons (Fsp3) is 0.167. The second kappa shape index (κ2) is 5.17. The lowest BCUT2D eigenvalue weighted by molar-refractivity contribution is 0.902. The van der Waals surface area contributed by atoms with Crippen molar-refractivity contribution in [3.8, 4) is 11.3 Å². The van der Waals surface area contributed by atoms with Gasteiger partial charge in [-0.25, -0.2) is 9.97 Å². The average molecular weight is 274 g/mol. The minimum absolute atomic E-state index is 0.828. The van der Waals surface area contributed by atoms with Crippen molar-refractivity contribution in [3.63, 3.8) is 0 Å². The molecule has 0 spiro atoms. The van der Waals surface area contributed by atoms with Gasteiger partial charge in [0.2, 0.25) is 5.95 Å². The molecule has 1 fully saturated rings. The van der Waals surface area contributed by atoms with Crippen molar-refractivity contribution >= 4 is 16.7 Å². The van der Waals surface area contributed by atoms with Crippen molar-refractivity contribution in [3.05, 3.63) is 61.1 Å². The summed E-state index contributed by atoms with van der Waals surface area (Å²) in [6.45, 7) is 1.96. The Hall–Kier alpha value is -2.42. The number of hydrogen-bond donors (Lipinski definition) is 0. The molecule has 103 valence electrons. The van der Waals surface area contributed by atoms with E-state index in [1.165, 1.54) is 10.8 Å². The van der Waals surface area contributed by atoms with E-state index in [4.69, 9.17) is 4.98 Å². The summed E-state index contributed by atoms with van der Waals surface area (Å²) in [4.78, 5) is 11.3. The molecule has 2 heterocycles. The number of fused-ring (bicyclic) bond motifs is 1. The zero-order valence-electron chi connectivity index (χ0n) is 11.7. The third-order valence-corrected chi connectivity index (χ3v) is 3.92. The van der Waals surface area contributed by atoms with Gasteiger partial charge in [0.05, 0.1) is 5.69 Å². The molecular formula is C18H16N3. The number of rotatable bonds is 2. The smallest absolute Gasteiger partial charge is 0.225 e. The molecule has 0 bridgehead atoms. The van der Waals surface area contributed by atoms with Crippen LogP contribution in [0.15, 0.2) is 54.7 Å². The largest absolute Gasteiger partial charge is 0.341 e. The van der Waals surface area contributed by atoms with Crippen LogP contribution in [0.2, 0.25) is 0 Å². The number of nitrogens with zero attached hydrogens (tertiary/aromatic N) is 3. The molecule has 2 aromatic carbocycles. The molecule has 0 unspecified atom stereocenters. The third-order valence-electron chi connectivity index (χ3n) is 3.92. The SMILES string of the molecule is [CH]1CCN(c2nccc(-c3ccc4ccccc4c3)n2)C1. The van der Waals surface area contributed by atoms with E-state index in [0.29, 0.717) is 0 Å². The summed E-state index contributed by atoms with van der Waals surface area (Å²) in [5, 5.41) is 2.49. The summed E-state index contributed by atoms with van der Waals surface area (Å²) in [5.41, 5.74) is 2.12. The molecular weight excluding hydrogens is 258 g/mol. The highest BCUT2D eigenvalue weighted by Gasteiger charge is 2.15. The molecule has 4 rings (SSSR count). The van der Waals surface area contributed by atoms with Crippen molar-refractivity contribution < 1.29 is 0 Å². The minimum atomic E-state index is 0.828. The maximum Gasteiger partial charge on any atom is 0.225 e. The fourth-order valence-electron chi connectivity index (χ4n) is 2.78. The Bertz CT molecular complexity index is 776. The standard InChI is InChI=1S/C18H16N3/c1-2-6-15-13-16(8-7-14(15)5-1)17-9-10-19-18(20-17)21-11-3-4-12-21/h1-3,5-10,13H,4,11-12H2. The molecule has 1 saturated heterocycles. The van der Waals surface area contributed by atoms with E-state index in [2.05, 4.69) is 58.8 Å². The molecule has 0 saturated carbocycles. The molecule has 0 aliphatic carbocycles. The van der Waals surface area contributed by atoms with Gasteiger partial charge in [-0.15, -0.1) is 0 Å². The number of hydrogen-bond acceptors (Lipinski definition) is 3. The second-order valence-electron chi connectivity index (χ2n) is 5.33. The quantitative estimate of drug-likeness (QED) is 0.713. The molecule has 1 aliphatic heterocycles. The van der Waals surface area contributed by atoms with Crippen LogP contribution in [-0.2, 0) is 0 Å². The maximum absolute atomic E-state index is 4.73. The maximum atomic E-state index is 4.73. The van der Waals surface area contributed by atoms with E-state index < -0.39 is 0 Å². The van der Waals surface area contributed by atoms with Crippen LogP contribution in [0, 0.1) is 6.42 Å². The van der Waals surface area contributed by atoms with Crippen LogP contribution in [0.1, 0.15) is 6.42 Å². The Morgan fingerprint density at radius 3 is 2.71 bits per heavy atom.